The van der Waals surface area contributed by atoms with E-state index >= 15 is 0 Å². The minimum atomic E-state index is -4.27. The number of hydrogen-bond acceptors (Lipinski definition) is 3. The Balaban J connectivity index is 1.64. The molecule has 4 bridgehead atoms. The molecule has 0 radical (unpaired) electrons. The first kappa shape index (κ1) is 18.2. The van der Waals surface area contributed by atoms with Gasteiger partial charge in [-0.05, 0) is 49.9 Å². The van der Waals surface area contributed by atoms with Crippen molar-refractivity contribution in [3.8, 4) is 0 Å². The number of ether oxygens (including phenoxy) is 1. The molecular formula is C18H23F3N2O2S. The van der Waals surface area contributed by atoms with Crippen molar-refractivity contribution >= 4 is 17.2 Å². The Bertz CT molecular complexity index is 753. The zero-order valence-corrected chi connectivity index (χ0v) is 15.5. The molecule has 4 aliphatic carbocycles. The molecular weight excluding hydrogens is 365 g/mol. The number of nitrogens with zero attached hydrogens (tertiary/aromatic N) is 2. The highest BCUT2D eigenvalue weighted by atomic mass is 32.1. The van der Waals surface area contributed by atoms with E-state index in [1.54, 1.807) is 11.7 Å². The summed E-state index contributed by atoms with van der Waals surface area (Å²) in [6, 6.07) is 0. The molecule has 1 amide bonds. The van der Waals surface area contributed by atoms with E-state index < -0.39 is 12.6 Å². The van der Waals surface area contributed by atoms with Crippen LogP contribution in [0.3, 0.4) is 0 Å². The first-order valence-electron chi connectivity index (χ1n) is 9.13. The minimum absolute atomic E-state index is 0.112. The molecule has 0 aromatic carbocycles. The number of methoxy groups -OCH3 is 1. The molecule has 144 valence electrons. The van der Waals surface area contributed by atoms with Crippen LogP contribution in [0.2, 0.25) is 0 Å². The van der Waals surface area contributed by atoms with Gasteiger partial charge in [0.15, 0.2) is 4.80 Å². The Morgan fingerprint density at radius 1 is 1.35 bits per heavy atom. The maximum absolute atomic E-state index is 13.1. The summed E-state index contributed by atoms with van der Waals surface area (Å²) in [4.78, 5) is 18.0. The number of rotatable bonds is 5. The van der Waals surface area contributed by atoms with E-state index in [1.165, 1.54) is 12.6 Å². The van der Waals surface area contributed by atoms with Gasteiger partial charge in [-0.3, -0.25) is 4.79 Å². The number of hydrogen-bond donors (Lipinski definition) is 0. The fourth-order valence-electron chi connectivity index (χ4n) is 5.49. The average molecular weight is 388 g/mol. The standard InChI is InChI=1S/C18H23F3N2O2S/c1-25-3-2-23-10-14(9-18(19,20)21)26-16(23)22-15(24)17-7-11-4-12(8-17)6-13(17)5-11/h10-13H,2-9H2,1H3. The molecule has 0 spiro atoms. The van der Waals surface area contributed by atoms with Gasteiger partial charge in [0.05, 0.1) is 18.4 Å². The molecule has 2 unspecified atom stereocenters. The third-order valence-electron chi connectivity index (χ3n) is 6.29. The maximum Gasteiger partial charge on any atom is 0.393 e. The second-order valence-corrected chi connectivity index (χ2v) is 9.17. The van der Waals surface area contributed by atoms with Crippen molar-refractivity contribution in [2.45, 2.75) is 51.2 Å². The molecule has 4 fully saturated rings. The smallest absolute Gasteiger partial charge is 0.383 e. The lowest BCUT2D eigenvalue weighted by atomic mass is 9.75. The van der Waals surface area contributed by atoms with Crippen molar-refractivity contribution in [2.75, 3.05) is 13.7 Å². The largest absolute Gasteiger partial charge is 0.393 e. The van der Waals surface area contributed by atoms with Gasteiger partial charge >= 0.3 is 6.18 Å². The van der Waals surface area contributed by atoms with E-state index in [2.05, 4.69) is 4.99 Å². The monoisotopic (exact) mass is 388 g/mol. The number of carbonyl (C=O) groups excluding carboxylic acids is 1. The Morgan fingerprint density at radius 3 is 2.65 bits per heavy atom. The molecule has 1 aromatic rings. The summed E-state index contributed by atoms with van der Waals surface area (Å²) < 4.78 is 44.9. The highest BCUT2D eigenvalue weighted by Crippen LogP contribution is 2.65. The van der Waals surface area contributed by atoms with Gasteiger partial charge in [0, 0.05) is 24.7 Å². The molecule has 4 nitrogen and oxygen atoms in total. The van der Waals surface area contributed by atoms with Crippen LogP contribution >= 0.6 is 11.3 Å². The lowest BCUT2D eigenvalue weighted by Crippen LogP contribution is -2.33. The Kier molecular flexibility index (Phi) is 4.54. The summed E-state index contributed by atoms with van der Waals surface area (Å²) in [5.41, 5.74) is -0.346. The highest BCUT2D eigenvalue weighted by Gasteiger charge is 2.61. The van der Waals surface area contributed by atoms with Gasteiger partial charge in [0.1, 0.15) is 0 Å². The van der Waals surface area contributed by atoms with Crippen molar-refractivity contribution in [2.24, 2.45) is 28.2 Å². The second-order valence-electron chi connectivity index (χ2n) is 8.08. The molecule has 0 saturated heterocycles. The Labute approximate surface area is 154 Å². The predicted octanol–water partition coefficient (Wildman–Crippen LogP) is 3.55. The summed E-state index contributed by atoms with van der Waals surface area (Å²) in [5, 5.41) is 0. The summed E-state index contributed by atoms with van der Waals surface area (Å²) in [5.74, 6) is 1.58. The van der Waals surface area contributed by atoms with Crippen molar-refractivity contribution in [1.82, 2.24) is 4.57 Å². The number of carbonyl (C=O) groups is 1. The van der Waals surface area contributed by atoms with E-state index in [0.717, 1.165) is 37.0 Å². The van der Waals surface area contributed by atoms with Gasteiger partial charge in [0.2, 0.25) is 0 Å². The topological polar surface area (TPSA) is 43.6 Å². The average Bonchev–Trinajstić information content (AvgIpc) is 3.11. The number of halogens is 3. The van der Waals surface area contributed by atoms with Crippen LogP contribution in [0.1, 0.15) is 37.0 Å². The zero-order chi connectivity index (χ0) is 18.5. The normalized spacial score (nSPS) is 33.4. The van der Waals surface area contributed by atoms with Crippen molar-refractivity contribution < 1.29 is 22.7 Å². The van der Waals surface area contributed by atoms with Gasteiger partial charge in [-0.15, -0.1) is 11.3 Å². The summed E-state index contributed by atoms with van der Waals surface area (Å²) in [6.07, 6.45) is 1.48. The minimum Gasteiger partial charge on any atom is -0.383 e. The predicted molar refractivity (Wildman–Crippen MR) is 90.5 cm³/mol. The van der Waals surface area contributed by atoms with Crippen LogP contribution in [0, 0.1) is 23.2 Å². The fraction of sp³-hybridized carbons (Fsp3) is 0.778. The van der Waals surface area contributed by atoms with E-state index in [0.29, 0.717) is 35.7 Å². The molecule has 5 rings (SSSR count). The zero-order valence-electron chi connectivity index (χ0n) is 14.7. The molecule has 2 atom stereocenters. The Morgan fingerprint density at radius 2 is 2.04 bits per heavy atom. The van der Waals surface area contributed by atoms with Gasteiger partial charge in [0.25, 0.3) is 5.91 Å². The molecule has 8 heteroatoms. The van der Waals surface area contributed by atoms with Crippen molar-refractivity contribution in [3.63, 3.8) is 0 Å². The SMILES string of the molecule is COCCn1cc(CC(F)(F)F)sc1=NC(=O)C12CC3CC(CC1C3)C2. The van der Waals surface area contributed by atoms with Crippen LogP contribution in [0.4, 0.5) is 13.2 Å². The van der Waals surface area contributed by atoms with Crippen LogP contribution in [0.25, 0.3) is 0 Å². The van der Waals surface area contributed by atoms with Crippen LogP contribution in [-0.2, 0) is 22.5 Å². The molecule has 0 aliphatic heterocycles. The summed E-state index contributed by atoms with van der Waals surface area (Å²) in [6.45, 7) is 0.750. The molecule has 4 saturated carbocycles. The third-order valence-corrected chi connectivity index (χ3v) is 7.31. The number of alkyl halides is 3. The van der Waals surface area contributed by atoms with E-state index in [4.69, 9.17) is 4.74 Å². The maximum atomic E-state index is 13.1. The highest BCUT2D eigenvalue weighted by molar-refractivity contribution is 7.09. The van der Waals surface area contributed by atoms with Gasteiger partial charge in [-0.1, -0.05) is 0 Å². The first-order valence-corrected chi connectivity index (χ1v) is 9.95. The lowest BCUT2D eigenvalue weighted by molar-refractivity contribution is -0.129. The van der Waals surface area contributed by atoms with Gasteiger partial charge in [-0.25, -0.2) is 0 Å². The number of thiazole rings is 1. The van der Waals surface area contributed by atoms with Crippen LogP contribution in [0.15, 0.2) is 11.2 Å². The third kappa shape index (κ3) is 3.26. The summed E-state index contributed by atoms with van der Waals surface area (Å²) in [7, 11) is 1.54. The van der Waals surface area contributed by atoms with Crippen molar-refractivity contribution in [3.05, 3.63) is 15.9 Å². The molecule has 4 aliphatic rings. The number of aromatic nitrogens is 1. The van der Waals surface area contributed by atoms with Crippen LogP contribution in [-0.4, -0.2) is 30.4 Å². The Hall–Kier alpha value is -1.15. The fourth-order valence-corrected chi connectivity index (χ4v) is 6.53. The van der Waals surface area contributed by atoms with Gasteiger partial charge < -0.3 is 9.30 Å². The quantitative estimate of drug-likeness (QED) is 0.774. The molecule has 1 aromatic heterocycles. The van der Waals surface area contributed by atoms with Crippen LogP contribution < -0.4 is 4.80 Å². The van der Waals surface area contributed by atoms with Crippen LogP contribution in [0.5, 0.6) is 0 Å². The summed E-state index contributed by atoms with van der Waals surface area (Å²) >= 11 is 0.967. The molecule has 1 heterocycles. The van der Waals surface area contributed by atoms with E-state index in [1.807, 2.05) is 0 Å². The number of amides is 1. The van der Waals surface area contributed by atoms with Crippen molar-refractivity contribution in [1.29, 1.82) is 0 Å². The first-order chi connectivity index (χ1) is 12.3. The van der Waals surface area contributed by atoms with E-state index in [9.17, 15) is 18.0 Å². The molecule has 0 N–H and O–H groups in total. The second kappa shape index (κ2) is 6.48. The van der Waals surface area contributed by atoms with Gasteiger partial charge in [-0.2, -0.15) is 18.2 Å². The molecule has 26 heavy (non-hydrogen) atoms. The van der Waals surface area contributed by atoms with E-state index in [-0.39, 0.29) is 16.2 Å². The lowest BCUT2D eigenvalue weighted by Gasteiger charge is -2.29.